The zero-order valence-corrected chi connectivity index (χ0v) is 11.6. The third-order valence-corrected chi connectivity index (χ3v) is 3.61. The number of aliphatic carboxylic acids is 1. The van der Waals surface area contributed by atoms with E-state index in [2.05, 4.69) is 5.32 Å². The van der Waals surface area contributed by atoms with Crippen molar-refractivity contribution >= 4 is 12.0 Å². The van der Waals surface area contributed by atoms with Crippen molar-refractivity contribution in [3.8, 4) is 0 Å². The fourth-order valence-corrected chi connectivity index (χ4v) is 2.44. The van der Waals surface area contributed by atoms with E-state index in [1.54, 1.807) is 4.90 Å². The second kappa shape index (κ2) is 7.33. The Hall–Kier alpha value is -1.30. The van der Waals surface area contributed by atoms with Crippen LogP contribution in [0.25, 0.3) is 0 Å². The van der Waals surface area contributed by atoms with Crippen LogP contribution in [0.1, 0.15) is 39.5 Å². The molecule has 1 fully saturated rings. The largest absolute Gasteiger partial charge is 0.481 e. The number of likely N-dealkylation sites (tertiary alicyclic amines) is 1. The molecule has 2 atom stereocenters. The minimum Gasteiger partial charge on any atom is -0.481 e. The Morgan fingerprint density at radius 2 is 2.11 bits per heavy atom. The Kier molecular flexibility index (Phi) is 6.08. The van der Waals surface area contributed by atoms with Gasteiger partial charge in [-0.25, -0.2) is 4.79 Å². The van der Waals surface area contributed by atoms with Crippen molar-refractivity contribution in [2.24, 2.45) is 5.92 Å². The van der Waals surface area contributed by atoms with E-state index in [0.717, 1.165) is 12.8 Å². The van der Waals surface area contributed by atoms with Crippen molar-refractivity contribution in [1.29, 1.82) is 0 Å². The molecule has 0 saturated carbocycles. The molecule has 0 radical (unpaired) electrons. The number of nitrogens with one attached hydrogen (secondary N) is 1. The third-order valence-electron chi connectivity index (χ3n) is 3.61. The molecule has 0 aliphatic carbocycles. The quantitative estimate of drug-likeness (QED) is 0.674. The van der Waals surface area contributed by atoms with Gasteiger partial charge in [0.25, 0.3) is 0 Å². The average Bonchev–Trinajstić information content (AvgIpc) is 2.76. The van der Waals surface area contributed by atoms with Gasteiger partial charge in [-0.05, 0) is 25.2 Å². The van der Waals surface area contributed by atoms with Gasteiger partial charge < -0.3 is 20.4 Å². The van der Waals surface area contributed by atoms with E-state index >= 15 is 0 Å². The van der Waals surface area contributed by atoms with Gasteiger partial charge in [0.1, 0.15) is 0 Å². The van der Waals surface area contributed by atoms with E-state index < -0.39 is 5.97 Å². The Balaban J connectivity index is 2.58. The second-order valence-corrected chi connectivity index (χ2v) is 5.40. The lowest BCUT2D eigenvalue weighted by Crippen LogP contribution is -2.49. The number of aliphatic hydroxyl groups is 1. The number of rotatable bonds is 6. The first-order chi connectivity index (χ1) is 8.95. The number of nitrogens with zero attached hydrogens (tertiary/aromatic N) is 1. The first-order valence-electron chi connectivity index (χ1n) is 6.85. The molecule has 1 aliphatic rings. The highest BCUT2D eigenvalue weighted by molar-refractivity contribution is 5.76. The maximum atomic E-state index is 12.2. The zero-order valence-electron chi connectivity index (χ0n) is 11.6. The minimum absolute atomic E-state index is 0.0666. The summed E-state index contributed by atoms with van der Waals surface area (Å²) in [7, 11) is 0. The second-order valence-electron chi connectivity index (χ2n) is 5.40. The van der Waals surface area contributed by atoms with Crippen molar-refractivity contribution in [2.75, 3.05) is 13.2 Å². The van der Waals surface area contributed by atoms with Gasteiger partial charge in [-0.15, -0.1) is 0 Å². The highest BCUT2D eigenvalue weighted by atomic mass is 16.4. The fourth-order valence-electron chi connectivity index (χ4n) is 2.44. The van der Waals surface area contributed by atoms with Crippen molar-refractivity contribution in [3.63, 3.8) is 0 Å². The van der Waals surface area contributed by atoms with Crippen LogP contribution in [0, 0.1) is 5.92 Å². The SMILES string of the molecule is CC(C)C(CC(=O)O)NC(=O)N1CCCC1CCO. The van der Waals surface area contributed by atoms with Crippen LogP contribution >= 0.6 is 0 Å². The van der Waals surface area contributed by atoms with Gasteiger partial charge in [0.05, 0.1) is 6.42 Å². The Bertz CT molecular complexity index is 320. The fraction of sp³-hybridized carbons (Fsp3) is 0.846. The number of carbonyl (C=O) groups is 2. The molecule has 0 aromatic rings. The number of carboxylic acids is 1. The molecule has 0 bridgehead atoms. The molecule has 2 unspecified atom stereocenters. The molecule has 1 saturated heterocycles. The molecule has 110 valence electrons. The summed E-state index contributed by atoms with van der Waals surface area (Å²) in [5.74, 6) is -0.841. The zero-order chi connectivity index (χ0) is 14.4. The van der Waals surface area contributed by atoms with Crippen LogP contribution in [0.15, 0.2) is 0 Å². The molecule has 2 amide bonds. The van der Waals surface area contributed by atoms with Gasteiger partial charge in [-0.1, -0.05) is 13.8 Å². The summed E-state index contributed by atoms with van der Waals surface area (Å²) in [5.41, 5.74) is 0. The topological polar surface area (TPSA) is 89.9 Å². The van der Waals surface area contributed by atoms with Crippen molar-refractivity contribution < 1.29 is 19.8 Å². The molecule has 1 heterocycles. The number of hydrogen-bond acceptors (Lipinski definition) is 3. The predicted molar refractivity (Wildman–Crippen MR) is 70.8 cm³/mol. The number of urea groups is 1. The summed E-state index contributed by atoms with van der Waals surface area (Å²) in [6, 6.07) is -0.501. The standard InChI is InChI=1S/C13H24N2O4/c1-9(2)11(8-12(17)18)14-13(19)15-6-3-4-10(15)5-7-16/h9-11,16H,3-8H2,1-2H3,(H,14,19)(H,17,18). The summed E-state index contributed by atoms with van der Waals surface area (Å²) in [6.07, 6.45) is 2.35. The van der Waals surface area contributed by atoms with Crippen LogP contribution in [-0.4, -0.2) is 52.3 Å². The molecule has 0 aromatic carbocycles. The number of amides is 2. The van der Waals surface area contributed by atoms with Crippen LogP contribution in [-0.2, 0) is 4.79 Å². The summed E-state index contributed by atoms with van der Waals surface area (Å²) in [4.78, 5) is 24.7. The molecular formula is C13H24N2O4. The van der Waals surface area contributed by atoms with Crippen molar-refractivity contribution in [1.82, 2.24) is 10.2 Å². The summed E-state index contributed by atoms with van der Waals surface area (Å²) in [6.45, 7) is 4.53. The number of carboxylic acid groups (broad SMARTS) is 1. The van der Waals surface area contributed by atoms with E-state index in [0.29, 0.717) is 13.0 Å². The minimum atomic E-state index is -0.910. The van der Waals surface area contributed by atoms with Crippen LogP contribution in [0.5, 0.6) is 0 Å². The molecule has 6 nitrogen and oxygen atoms in total. The van der Waals surface area contributed by atoms with E-state index in [-0.39, 0.29) is 37.1 Å². The van der Waals surface area contributed by atoms with Crippen LogP contribution in [0.4, 0.5) is 4.79 Å². The van der Waals surface area contributed by atoms with Gasteiger partial charge in [0.15, 0.2) is 0 Å². The van der Waals surface area contributed by atoms with Gasteiger partial charge in [0, 0.05) is 25.2 Å². The molecule has 1 rings (SSSR count). The third kappa shape index (κ3) is 4.70. The molecule has 1 aliphatic heterocycles. The lowest BCUT2D eigenvalue weighted by molar-refractivity contribution is -0.137. The maximum Gasteiger partial charge on any atom is 0.317 e. The molecule has 6 heteroatoms. The monoisotopic (exact) mass is 272 g/mol. The Morgan fingerprint density at radius 3 is 2.63 bits per heavy atom. The van der Waals surface area contributed by atoms with Gasteiger partial charge in [0.2, 0.25) is 0 Å². The number of carbonyl (C=O) groups excluding carboxylic acids is 1. The summed E-state index contributed by atoms with van der Waals surface area (Å²) in [5, 5.41) is 20.6. The molecule has 19 heavy (non-hydrogen) atoms. The molecular weight excluding hydrogens is 248 g/mol. The molecule has 3 N–H and O–H groups in total. The van der Waals surface area contributed by atoms with Crippen molar-refractivity contribution in [3.05, 3.63) is 0 Å². The average molecular weight is 272 g/mol. The smallest absolute Gasteiger partial charge is 0.317 e. The normalized spacial score (nSPS) is 20.6. The van der Waals surface area contributed by atoms with E-state index in [1.165, 1.54) is 0 Å². The van der Waals surface area contributed by atoms with Crippen molar-refractivity contribution in [2.45, 2.75) is 51.6 Å². The highest BCUT2D eigenvalue weighted by Gasteiger charge is 2.30. The van der Waals surface area contributed by atoms with E-state index in [4.69, 9.17) is 10.2 Å². The number of hydrogen-bond donors (Lipinski definition) is 3. The summed E-state index contributed by atoms with van der Waals surface area (Å²) < 4.78 is 0. The highest BCUT2D eigenvalue weighted by Crippen LogP contribution is 2.20. The first kappa shape index (κ1) is 15.8. The molecule has 0 spiro atoms. The van der Waals surface area contributed by atoms with Crippen LogP contribution in [0.3, 0.4) is 0 Å². The van der Waals surface area contributed by atoms with Gasteiger partial charge in [-0.3, -0.25) is 4.79 Å². The van der Waals surface area contributed by atoms with Crippen LogP contribution in [0.2, 0.25) is 0 Å². The van der Waals surface area contributed by atoms with Gasteiger partial charge >= 0.3 is 12.0 Å². The molecule has 0 aromatic heterocycles. The Labute approximate surface area is 113 Å². The van der Waals surface area contributed by atoms with E-state index in [1.807, 2.05) is 13.8 Å². The van der Waals surface area contributed by atoms with Crippen LogP contribution < -0.4 is 5.32 Å². The lowest BCUT2D eigenvalue weighted by Gasteiger charge is -2.28. The Morgan fingerprint density at radius 1 is 1.42 bits per heavy atom. The summed E-state index contributed by atoms with van der Waals surface area (Å²) >= 11 is 0. The number of aliphatic hydroxyl groups excluding tert-OH is 1. The van der Waals surface area contributed by atoms with E-state index in [9.17, 15) is 9.59 Å². The maximum absolute atomic E-state index is 12.2. The lowest BCUT2D eigenvalue weighted by atomic mass is 10.0. The van der Waals surface area contributed by atoms with Gasteiger partial charge in [-0.2, -0.15) is 0 Å². The predicted octanol–water partition coefficient (Wildman–Crippen LogP) is 1.04. The first-order valence-corrected chi connectivity index (χ1v) is 6.85.